The monoisotopic (exact) mass is 455 g/mol. The molecule has 0 aromatic heterocycles. The first-order valence-corrected chi connectivity index (χ1v) is 11.9. The summed E-state index contributed by atoms with van der Waals surface area (Å²) in [6.45, 7) is 1.72. The number of rotatable bonds is 11. The number of benzene rings is 1. The predicted molar refractivity (Wildman–Crippen MR) is 112 cm³/mol. The Bertz CT molecular complexity index is 885. The van der Waals surface area contributed by atoms with E-state index in [9.17, 15) is 22.9 Å². The highest BCUT2D eigenvalue weighted by atomic mass is 32.2. The number of methoxy groups -OCH3 is 1. The summed E-state index contributed by atoms with van der Waals surface area (Å²) in [6, 6.07) is 5.84. The number of esters is 1. The summed E-state index contributed by atoms with van der Waals surface area (Å²) in [4.78, 5) is 35.6. The molecule has 10 heteroatoms. The van der Waals surface area contributed by atoms with E-state index in [1.165, 1.54) is 19.2 Å². The largest absolute Gasteiger partial charge is 0.466 e. The zero-order valence-corrected chi connectivity index (χ0v) is 18.7. The summed E-state index contributed by atoms with van der Waals surface area (Å²) in [5, 5.41) is 2.82. The molecule has 0 spiro atoms. The quantitative estimate of drug-likeness (QED) is 0.164. The molecule has 0 amide bonds. The fourth-order valence-corrected chi connectivity index (χ4v) is 5.77. The predicted octanol–water partition coefficient (Wildman–Crippen LogP) is 3.32. The number of carbonyl (C=O) groups excluding carboxylic acids is 2. The maximum absolute atomic E-state index is 12.9. The first-order valence-electron chi connectivity index (χ1n) is 10.2. The van der Waals surface area contributed by atoms with Crippen molar-refractivity contribution in [3.8, 4) is 0 Å². The van der Waals surface area contributed by atoms with Crippen LogP contribution in [0.5, 0.6) is 0 Å². The molecule has 2 atom stereocenters. The van der Waals surface area contributed by atoms with E-state index in [4.69, 9.17) is 14.2 Å². The number of ketones is 1. The van der Waals surface area contributed by atoms with Gasteiger partial charge < -0.3 is 14.2 Å². The average Bonchev–Trinajstić information content (AvgIpc) is 2.95. The molecule has 31 heavy (non-hydrogen) atoms. The third-order valence-electron chi connectivity index (χ3n) is 5.47. The Balaban J connectivity index is 2.15. The maximum atomic E-state index is 12.9. The van der Waals surface area contributed by atoms with Gasteiger partial charge in [0.15, 0.2) is 15.6 Å². The molecule has 1 fully saturated rings. The number of ether oxygens (including phenoxy) is 3. The number of hydrogen-bond acceptors (Lipinski definition) is 9. The summed E-state index contributed by atoms with van der Waals surface area (Å²) >= 11 is 0. The second-order valence-electron chi connectivity index (χ2n) is 7.59. The number of hydrogen-bond donors (Lipinski definition) is 0. The van der Waals surface area contributed by atoms with Crippen LogP contribution in [0.1, 0.15) is 45.4 Å². The minimum atomic E-state index is -3.74. The van der Waals surface area contributed by atoms with E-state index >= 15 is 0 Å². The van der Waals surface area contributed by atoms with Gasteiger partial charge in [-0.25, -0.2) is 8.42 Å². The molecule has 1 aromatic carbocycles. The molecule has 1 aromatic rings. The maximum Gasteiger partial charge on any atom is 0.313 e. The van der Waals surface area contributed by atoms with Crippen LogP contribution < -0.4 is 0 Å². The van der Waals surface area contributed by atoms with Crippen molar-refractivity contribution in [2.24, 2.45) is 11.1 Å². The zero-order chi connectivity index (χ0) is 22.9. The molecular formula is C21H29NO8S. The van der Waals surface area contributed by atoms with E-state index in [0.29, 0.717) is 25.7 Å². The van der Waals surface area contributed by atoms with Gasteiger partial charge >= 0.3 is 5.97 Å². The van der Waals surface area contributed by atoms with Crippen molar-refractivity contribution in [2.75, 3.05) is 26.3 Å². The van der Waals surface area contributed by atoms with Crippen LogP contribution >= 0.6 is 0 Å². The lowest BCUT2D eigenvalue weighted by molar-refractivity contribution is -0.169. The van der Waals surface area contributed by atoms with Crippen molar-refractivity contribution in [3.63, 3.8) is 0 Å². The SMILES string of the molecule is CCOC(=O)CC(=O)C1(OCOC)CCCC(CS(=O)(=O)c2ccccc2N=O)CC1. The van der Waals surface area contributed by atoms with E-state index in [1.807, 2.05) is 0 Å². The second kappa shape index (κ2) is 11.4. The van der Waals surface area contributed by atoms with Crippen molar-refractivity contribution >= 4 is 27.3 Å². The Hall–Kier alpha value is -2.17. The standard InChI is InChI=1S/C21H29NO8S/c1-3-29-20(24)13-19(23)21(30-15-28-2)11-6-7-16(10-12-21)14-31(26,27)18-9-5-4-8-17(18)22-25/h4-5,8-9,16H,3,6-7,10-15H2,1-2H3. The van der Waals surface area contributed by atoms with E-state index in [-0.39, 0.29) is 47.9 Å². The normalized spacial score (nSPS) is 21.8. The van der Waals surface area contributed by atoms with Crippen LogP contribution in [0.2, 0.25) is 0 Å². The Morgan fingerprint density at radius 3 is 2.61 bits per heavy atom. The molecule has 0 bridgehead atoms. The number of Topliss-reactive ketones (excluding diaryl/α,β-unsaturated/α-hetero) is 1. The Morgan fingerprint density at radius 2 is 1.94 bits per heavy atom. The Kier molecular flexibility index (Phi) is 9.27. The second-order valence-corrected chi connectivity index (χ2v) is 9.59. The molecule has 1 aliphatic rings. The van der Waals surface area contributed by atoms with Crippen molar-refractivity contribution in [1.82, 2.24) is 0 Å². The van der Waals surface area contributed by atoms with Gasteiger partial charge in [-0.15, -0.1) is 4.91 Å². The van der Waals surface area contributed by atoms with Crippen LogP contribution in [0, 0.1) is 10.8 Å². The van der Waals surface area contributed by atoms with Crippen molar-refractivity contribution in [2.45, 2.75) is 55.9 Å². The highest BCUT2D eigenvalue weighted by Gasteiger charge is 2.42. The molecule has 0 aliphatic heterocycles. The van der Waals surface area contributed by atoms with Crippen LogP contribution in [0.3, 0.4) is 0 Å². The summed E-state index contributed by atoms with van der Waals surface area (Å²) in [5.41, 5.74) is -1.33. The molecule has 2 unspecified atom stereocenters. The van der Waals surface area contributed by atoms with E-state index in [0.717, 1.165) is 0 Å². The Labute approximate surface area is 182 Å². The van der Waals surface area contributed by atoms with Gasteiger partial charge in [0.05, 0.1) is 17.3 Å². The molecule has 0 saturated heterocycles. The molecular weight excluding hydrogens is 426 g/mol. The topological polar surface area (TPSA) is 125 Å². The molecule has 1 aliphatic carbocycles. The van der Waals surface area contributed by atoms with Gasteiger partial charge in [0.25, 0.3) is 0 Å². The third kappa shape index (κ3) is 6.65. The fraction of sp³-hybridized carbons (Fsp3) is 0.619. The average molecular weight is 456 g/mol. The Morgan fingerprint density at radius 1 is 1.19 bits per heavy atom. The van der Waals surface area contributed by atoms with Crippen LogP contribution in [0.25, 0.3) is 0 Å². The highest BCUT2D eigenvalue weighted by Crippen LogP contribution is 2.37. The summed E-state index contributed by atoms with van der Waals surface area (Å²) in [6.07, 6.45) is 1.75. The van der Waals surface area contributed by atoms with Gasteiger partial charge in [0, 0.05) is 7.11 Å². The van der Waals surface area contributed by atoms with Gasteiger partial charge in [-0.2, -0.15) is 0 Å². The van der Waals surface area contributed by atoms with Gasteiger partial charge in [-0.1, -0.05) is 12.1 Å². The van der Waals surface area contributed by atoms with Crippen LogP contribution in [-0.4, -0.2) is 52.0 Å². The number of nitrogens with zero attached hydrogens (tertiary/aromatic N) is 1. The lowest BCUT2D eigenvalue weighted by atomic mass is 9.87. The summed E-state index contributed by atoms with van der Waals surface area (Å²) < 4.78 is 41.4. The summed E-state index contributed by atoms with van der Waals surface area (Å²) in [5.74, 6) is -1.39. The van der Waals surface area contributed by atoms with Gasteiger partial charge in [0.1, 0.15) is 24.5 Å². The zero-order valence-electron chi connectivity index (χ0n) is 17.9. The van der Waals surface area contributed by atoms with E-state index in [1.54, 1.807) is 19.1 Å². The molecule has 0 N–H and O–H groups in total. The highest BCUT2D eigenvalue weighted by molar-refractivity contribution is 7.91. The van der Waals surface area contributed by atoms with Crippen molar-refractivity contribution in [3.05, 3.63) is 29.2 Å². The van der Waals surface area contributed by atoms with Crippen molar-refractivity contribution < 1.29 is 32.2 Å². The molecule has 172 valence electrons. The molecule has 0 heterocycles. The molecule has 9 nitrogen and oxygen atoms in total. The van der Waals surface area contributed by atoms with Gasteiger partial charge in [-0.05, 0) is 62.3 Å². The van der Waals surface area contributed by atoms with Crippen LogP contribution in [-0.2, 0) is 33.6 Å². The number of sulfone groups is 1. The molecule has 0 radical (unpaired) electrons. The summed E-state index contributed by atoms with van der Waals surface area (Å²) in [7, 11) is -2.30. The molecule has 1 saturated carbocycles. The first-order chi connectivity index (χ1) is 14.8. The van der Waals surface area contributed by atoms with Gasteiger partial charge in [0.2, 0.25) is 0 Å². The number of nitroso groups, excluding NO2 is 1. The first kappa shape index (κ1) is 25.1. The third-order valence-corrected chi connectivity index (χ3v) is 7.40. The van der Waals surface area contributed by atoms with Crippen LogP contribution in [0.4, 0.5) is 5.69 Å². The van der Waals surface area contributed by atoms with E-state index < -0.39 is 27.8 Å². The minimum absolute atomic E-state index is 0.0884. The van der Waals surface area contributed by atoms with E-state index in [2.05, 4.69) is 5.18 Å². The van der Waals surface area contributed by atoms with Crippen LogP contribution in [0.15, 0.2) is 34.3 Å². The molecule has 2 rings (SSSR count). The lowest BCUT2D eigenvalue weighted by Gasteiger charge is -2.31. The lowest BCUT2D eigenvalue weighted by Crippen LogP contribution is -2.43. The van der Waals surface area contributed by atoms with Crippen molar-refractivity contribution in [1.29, 1.82) is 0 Å². The fourth-order valence-electron chi connectivity index (χ4n) is 3.92. The number of carbonyl (C=O) groups is 2. The smallest absolute Gasteiger partial charge is 0.313 e. The minimum Gasteiger partial charge on any atom is -0.466 e. The van der Waals surface area contributed by atoms with Gasteiger partial charge in [-0.3, -0.25) is 9.59 Å².